The zero-order valence-corrected chi connectivity index (χ0v) is 19.6. The van der Waals surface area contributed by atoms with Crippen molar-refractivity contribution in [2.24, 2.45) is 0 Å². The molecule has 0 aliphatic heterocycles. The average molecular weight is 489 g/mol. The summed E-state index contributed by atoms with van der Waals surface area (Å²) in [6.45, 7) is 2.00. The van der Waals surface area contributed by atoms with Gasteiger partial charge in [0.25, 0.3) is 0 Å². The van der Waals surface area contributed by atoms with E-state index in [0.717, 1.165) is 20.1 Å². The molecular weight excluding hydrogens is 472 g/mol. The Morgan fingerprint density at radius 3 is 2.65 bits per heavy atom. The molecule has 6 nitrogen and oxygen atoms in total. The molecule has 0 fully saturated rings. The number of para-hydroxylation sites is 1. The van der Waals surface area contributed by atoms with Crippen molar-refractivity contribution in [2.45, 2.75) is 17.7 Å². The van der Waals surface area contributed by atoms with Crippen LogP contribution in [0.15, 0.2) is 52.2 Å². The predicted molar refractivity (Wildman–Crippen MR) is 130 cm³/mol. The molecule has 0 atom stereocenters. The number of amides is 2. The first kappa shape index (κ1) is 21.8. The number of thiazole rings is 2. The number of hydrogen-bond acceptors (Lipinski definition) is 7. The molecule has 4 aromatic rings. The lowest BCUT2D eigenvalue weighted by molar-refractivity contribution is -0.116. The Bertz CT molecular complexity index is 1240. The van der Waals surface area contributed by atoms with Gasteiger partial charge < -0.3 is 10.6 Å². The molecule has 2 aromatic carbocycles. The predicted octanol–water partition coefficient (Wildman–Crippen LogP) is 5.63. The lowest BCUT2D eigenvalue weighted by Crippen LogP contribution is -2.14. The first-order valence-corrected chi connectivity index (χ1v) is 12.3. The minimum absolute atomic E-state index is 0.132. The minimum Gasteiger partial charge on any atom is -0.325 e. The summed E-state index contributed by atoms with van der Waals surface area (Å²) in [6, 6.07) is 12.9. The molecule has 2 aromatic heterocycles. The van der Waals surface area contributed by atoms with Crippen molar-refractivity contribution in [1.82, 2.24) is 9.97 Å². The quantitative estimate of drug-likeness (QED) is 0.329. The van der Waals surface area contributed by atoms with E-state index in [0.29, 0.717) is 21.5 Å². The highest BCUT2D eigenvalue weighted by atomic mass is 35.5. The van der Waals surface area contributed by atoms with Crippen molar-refractivity contribution in [2.75, 3.05) is 16.4 Å². The summed E-state index contributed by atoms with van der Waals surface area (Å²) in [4.78, 5) is 33.4. The first-order valence-electron chi connectivity index (χ1n) is 9.25. The smallest absolute Gasteiger partial charge is 0.234 e. The van der Waals surface area contributed by atoms with Crippen molar-refractivity contribution in [1.29, 1.82) is 0 Å². The summed E-state index contributed by atoms with van der Waals surface area (Å²) < 4.78 is 1.78. The number of carbonyl (C=O) groups excluding carboxylic acids is 2. The molecule has 0 bridgehead atoms. The molecule has 0 spiro atoms. The zero-order valence-electron chi connectivity index (χ0n) is 16.3. The molecule has 0 radical (unpaired) electrons. The van der Waals surface area contributed by atoms with Crippen LogP contribution in [0, 0.1) is 6.92 Å². The number of aryl methyl sites for hydroxylation is 1. The Hall–Kier alpha value is -2.46. The monoisotopic (exact) mass is 488 g/mol. The van der Waals surface area contributed by atoms with Gasteiger partial charge in [0.2, 0.25) is 11.8 Å². The fourth-order valence-corrected chi connectivity index (χ4v) is 5.49. The van der Waals surface area contributed by atoms with Gasteiger partial charge in [0, 0.05) is 16.1 Å². The number of nitrogens with zero attached hydrogens (tertiary/aromatic N) is 2. The van der Waals surface area contributed by atoms with Gasteiger partial charge >= 0.3 is 0 Å². The molecule has 2 N–H and O–H groups in total. The van der Waals surface area contributed by atoms with Gasteiger partial charge in [0.1, 0.15) is 0 Å². The standard InChI is InChI=1S/C21H17ClN4O2S3/c1-12-3-2-4-16-19(12)26-20(31-16)25-17(27)9-15-10-29-21(24-15)30-11-18(28)23-14-7-5-13(22)6-8-14/h2-8,10H,9,11H2,1H3,(H,23,28)(H,25,26,27). The SMILES string of the molecule is Cc1cccc2sc(NC(=O)Cc3csc(SCC(=O)Nc4ccc(Cl)cc4)n3)nc12. The maximum Gasteiger partial charge on any atom is 0.234 e. The second-order valence-corrected chi connectivity index (χ2v) is 10.2. The van der Waals surface area contributed by atoms with Gasteiger partial charge in [0.05, 0.1) is 28.1 Å². The van der Waals surface area contributed by atoms with E-state index in [-0.39, 0.29) is 24.0 Å². The maximum absolute atomic E-state index is 12.4. The van der Waals surface area contributed by atoms with E-state index in [1.807, 2.05) is 30.5 Å². The number of carbonyl (C=O) groups is 2. The number of rotatable bonds is 7. The highest BCUT2D eigenvalue weighted by Gasteiger charge is 2.13. The second kappa shape index (κ2) is 9.78. The summed E-state index contributed by atoms with van der Waals surface area (Å²) in [5, 5.41) is 8.69. The van der Waals surface area contributed by atoms with Gasteiger partial charge in [-0.05, 0) is 42.8 Å². The van der Waals surface area contributed by atoms with E-state index in [2.05, 4.69) is 20.6 Å². The summed E-state index contributed by atoms with van der Waals surface area (Å²) in [5.41, 5.74) is 3.35. The van der Waals surface area contributed by atoms with Gasteiger partial charge in [-0.25, -0.2) is 9.97 Å². The molecule has 4 rings (SSSR count). The highest BCUT2D eigenvalue weighted by Crippen LogP contribution is 2.28. The maximum atomic E-state index is 12.4. The van der Waals surface area contributed by atoms with Crippen LogP contribution in [0.2, 0.25) is 5.02 Å². The summed E-state index contributed by atoms with van der Waals surface area (Å²) in [6.07, 6.45) is 0.156. The Morgan fingerprint density at radius 1 is 1.06 bits per heavy atom. The van der Waals surface area contributed by atoms with E-state index in [9.17, 15) is 9.59 Å². The van der Waals surface area contributed by atoms with Gasteiger partial charge in [-0.2, -0.15) is 0 Å². The van der Waals surface area contributed by atoms with Gasteiger partial charge in [-0.1, -0.05) is 46.8 Å². The number of hydrogen-bond donors (Lipinski definition) is 2. The fourth-order valence-electron chi connectivity index (χ4n) is 2.76. The van der Waals surface area contributed by atoms with Crippen LogP contribution in [-0.4, -0.2) is 27.5 Å². The number of aromatic nitrogens is 2. The normalized spacial score (nSPS) is 10.9. The van der Waals surface area contributed by atoms with E-state index in [4.69, 9.17) is 11.6 Å². The van der Waals surface area contributed by atoms with Crippen LogP contribution >= 0.6 is 46.0 Å². The molecule has 2 amide bonds. The minimum atomic E-state index is -0.168. The van der Waals surface area contributed by atoms with Crippen molar-refractivity contribution in [3.8, 4) is 0 Å². The second-order valence-electron chi connectivity index (χ2n) is 6.61. The molecule has 0 saturated heterocycles. The highest BCUT2D eigenvalue weighted by molar-refractivity contribution is 8.01. The molecule has 0 aliphatic carbocycles. The van der Waals surface area contributed by atoms with E-state index in [1.165, 1.54) is 34.4 Å². The van der Waals surface area contributed by atoms with Crippen LogP contribution in [-0.2, 0) is 16.0 Å². The Morgan fingerprint density at radius 2 is 1.87 bits per heavy atom. The number of thioether (sulfide) groups is 1. The molecule has 0 unspecified atom stereocenters. The summed E-state index contributed by atoms with van der Waals surface area (Å²) >= 11 is 10.0. The number of fused-ring (bicyclic) bond motifs is 1. The van der Waals surface area contributed by atoms with Crippen LogP contribution in [0.3, 0.4) is 0 Å². The average Bonchev–Trinajstić information content (AvgIpc) is 3.35. The molecule has 0 aliphatic rings. The van der Waals surface area contributed by atoms with Crippen LogP contribution in [0.5, 0.6) is 0 Å². The molecular formula is C21H17ClN4O2S3. The topological polar surface area (TPSA) is 84.0 Å². The number of anilines is 2. The van der Waals surface area contributed by atoms with E-state index < -0.39 is 0 Å². The lowest BCUT2D eigenvalue weighted by atomic mass is 10.2. The van der Waals surface area contributed by atoms with E-state index in [1.54, 1.807) is 24.3 Å². The third-order valence-corrected chi connectivity index (χ3v) is 7.45. The summed E-state index contributed by atoms with van der Waals surface area (Å²) in [5.74, 6) is -0.0701. The third kappa shape index (κ3) is 5.82. The Balaban J connectivity index is 1.28. The van der Waals surface area contributed by atoms with Crippen molar-refractivity contribution >= 4 is 78.9 Å². The van der Waals surface area contributed by atoms with Crippen LogP contribution in [0.25, 0.3) is 10.2 Å². The Kier molecular flexibility index (Phi) is 6.86. The third-order valence-electron chi connectivity index (χ3n) is 4.19. The van der Waals surface area contributed by atoms with Crippen molar-refractivity contribution < 1.29 is 9.59 Å². The van der Waals surface area contributed by atoms with E-state index >= 15 is 0 Å². The number of benzene rings is 2. The number of halogens is 1. The van der Waals surface area contributed by atoms with Crippen LogP contribution < -0.4 is 10.6 Å². The van der Waals surface area contributed by atoms with Crippen LogP contribution in [0.4, 0.5) is 10.8 Å². The first-order chi connectivity index (χ1) is 15.0. The van der Waals surface area contributed by atoms with Gasteiger partial charge in [-0.15, -0.1) is 11.3 Å². The molecule has 10 heteroatoms. The van der Waals surface area contributed by atoms with Gasteiger partial charge in [0.15, 0.2) is 9.47 Å². The fraction of sp³-hybridized carbons (Fsp3) is 0.143. The molecule has 158 valence electrons. The van der Waals surface area contributed by atoms with Crippen molar-refractivity contribution in [3.05, 3.63) is 64.1 Å². The largest absolute Gasteiger partial charge is 0.325 e. The molecule has 2 heterocycles. The number of nitrogens with one attached hydrogen (secondary N) is 2. The Labute approximate surface area is 196 Å². The molecule has 0 saturated carbocycles. The van der Waals surface area contributed by atoms with Gasteiger partial charge in [-0.3, -0.25) is 9.59 Å². The molecule has 31 heavy (non-hydrogen) atoms. The zero-order chi connectivity index (χ0) is 21.8. The summed E-state index contributed by atoms with van der Waals surface area (Å²) in [7, 11) is 0. The van der Waals surface area contributed by atoms with Crippen molar-refractivity contribution in [3.63, 3.8) is 0 Å². The van der Waals surface area contributed by atoms with Crippen LogP contribution in [0.1, 0.15) is 11.3 Å². The lowest BCUT2D eigenvalue weighted by Gasteiger charge is -2.04.